The summed E-state index contributed by atoms with van der Waals surface area (Å²) in [5.74, 6) is 1.79. The van der Waals surface area contributed by atoms with Gasteiger partial charge in [0.05, 0.1) is 11.4 Å². The number of carbonyl (C=O) groups is 1. The first-order valence-electron chi connectivity index (χ1n) is 9.06. The van der Waals surface area contributed by atoms with Crippen LogP contribution in [0.25, 0.3) is 5.69 Å². The maximum absolute atomic E-state index is 13.2. The first kappa shape index (κ1) is 15.4. The summed E-state index contributed by atoms with van der Waals surface area (Å²) in [7, 11) is 0. The molecule has 1 aliphatic heterocycles. The molecule has 1 saturated carbocycles. The highest BCUT2D eigenvalue weighted by Gasteiger charge is 2.32. The summed E-state index contributed by atoms with van der Waals surface area (Å²) in [5.41, 5.74) is 2.75. The minimum Gasteiger partial charge on any atom is -0.337 e. The molecule has 0 bridgehead atoms. The minimum absolute atomic E-state index is 0.122. The molecule has 1 saturated heterocycles. The van der Waals surface area contributed by atoms with E-state index in [4.69, 9.17) is 5.10 Å². The van der Waals surface area contributed by atoms with Crippen LogP contribution < -0.4 is 0 Å². The zero-order valence-corrected chi connectivity index (χ0v) is 14.5. The van der Waals surface area contributed by atoms with Crippen molar-refractivity contribution in [1.82, 2.24) is 14.7 Å². The van der Waals surface area contributed by atoms with Crippen molar-refractivity contribution in [3.8, 4) is 5.69 Å². The van der Waals surface area contributed by atoms with Crippen molar-refractivity contribution < 1.29 is 4.79 Å². The Kier molecular flexibility index (Phi) is 3.91. The van der Waals surface area contributed by atoms with Gasteiger partial charge in [-0.3, -0.25) is 4.79 Å². The number of benzene rings is 1. The fraction of sp³-hybridized carbons (Fsp3) is 0.500. The predicted octanol–water partition coefficient (Wildman–Crippen LogP) is 3.87. The van der Waals surface area contributed by atoms with Gasteiger partial charge in [-0.15, -0.1) is 0 Å². The lowest BCUT2D eigenvalue weighted by atomic mass is 9.92. The van der Waals surface area contributed by atoms with Crippen LogP contribution in [0.1, 0.15) is 55.2 Å². The van der Waals surface area contributed by atoms with Crippen molar-refractivity contribution in [2.24, 2.45) is 11.8 Å². The molecule has 126 valence electrons. The summed E-state index contributed by atoms with van der Waals surface area (Å²) in [4.78, 5) is 15.2. The van der Waals surface area contributed by atoms with E-state index in [0.29, 0.717) is 23.4 Å². The van der Waals surface area contributed by atoms with Crippen LogP contribution in [0, 0.1) is 11.8 Å². The molecule has 2 heterocycles. The Morgan fingerprint density at radius 2 is 1.75 bits per heavy atom. The molecule has 2 unspecified atom stereocenters. The van der Waals surface area contributed by atoms with Gasteiger partial charge in [-0.1, -0.05) is 32.0 Å². The van der Waals surface area contributed by atoms with E-state index in [1.807, 2.05) is 46.0 Å². The van der Waals surface area contributed by atoms with Crippen LogP contribution in [-0.2, 0) is 0 Å². The number of hydrogen-bond donors (Lipinski definition) is 0. The lowest BCUT2D eigenvalue weighted by molar-refractivity contribution is 0.0614. The van der Waals surface area contributed by atoms with Gasteiger partial charge in [0.15, 0.2) is 0 Å². The smallest absolute Gasteiger partial charge is 0.272 e. The second kappa shape index (κ2) is 6.08. The number of hydrogen-bond acceptors (Lipinski definition) is 2. The molecule has 4 rings (SSSR count). The molecule has 1 aromatic carbocycles. The Hall–Kier alpha value is -2.10. The highest BCUT2D eigenvalue weighted by Crippen LogP contribution is 2.40. The van der Waals surface area contributed by atoms with E-state index in [1.165, 1.54) is 19.3 Å². The zero-order chi connectivity index (χ0) is 16.7. The standard InChI is InChI=1S/C20H25N3O/c1-14-10-15(2)13-22(12-14)20(24)19-11-18(16-8-9-16)21-23(19)17-6-4-3-5-7-17/h3-7,11,14-16H,8-10,12-13H2,1-2H3. The van der Waals surface area contributed by atoms with Gasteiger partial charge in [0, 0.05) is 19.0 Å². The average Bonchev–Trinajstić information content (AvgIpc) is 3.33. The Labute approximate surface area is 143 Å². The Bertz CT molecular complexity index is 723. The molecular weight excluding hydrogens is 298 g/mol. The molecule has 2 atom stereocenters. The van der Waals surface area contributed by atoms with E-state index in [-0.39, 0.29) is 5.91 Å². The number of likely N-dealkylation sites (tertiary alicyclic amines) is 1. The van der Waals surface area contributed by atoms with Crippen LogP contribution in [0.3, 0.4) is 0 Å². The summed E-state index contributed by atoms with van der Waals surface area (Å²) < 4.78 is 1.85. The fourth-order valence-electron chi connectivity index (χ4n) is 3.89. The van der Waals surface area contributed by atoms with Crippen molar-refractivity contribution >= 4 is 5.91 Å². The van der Waals surface area contributed by atoms with E-state index in [0.717, 1.165) is 24.5 Å². The number of rotatable bonds is 3. The molecular formula is C20H25N3O. The van der Waals surface area contributed by atoms with E-state index in [2.05, 4.69) is 13.8 Å². The van der Waals surface area contributed by atoms with Gasteiger partial charge >= 0.3 is 0 Å². The van der Waals surface area contributed by atoms with Crippen molar-refractivity contribution in [1.29, 1.82) is 0 Å². The third-order valence-electron chi connectivity index (χ3n) is 5.10. The fourth-order valence-corrected chi connectivity index (χ4v) is 3.89. The molecule has 0 N–H and O–H groups in total. The van der Waals surface area contributed by atoms with Crippen LogP contribution in [0.15, 0.2) is 36.4 Å². The number of carbonyl (C=O) groups excluding carboxylic acids is 1. The maximum Gasteiger partial charge on any atom is 0.272 e. The van der Waals surface area contributed by atoms with Crippen molar-refractivity contribution in [3.63, 3.8) is 0 Å². The average molecular weight is 323 g/mol. The van der Waals surface area contributed by atoms with E-state index >= 15 is 0 Å². The quantitative estimate of drug-likeness (QED) is 0.860. The third-order valence-corrected chi connectivity index (χ3v) is 5.10. The van der Waals surface area contributed by atoms with Gasteiger partial charge in [0.1, 0.15) is 5.69 Å². The number of aromatic nitrogens is 2. The predicted molar refractivity (Wildman–Crippen MR) is 94.4 cm³/mol. The summed E-state index contributed by atoms with van der Waals surface area (Å²) in [6.07, 6.45) is 3.59. The molecule has 0 spiro atoms. The monoisotopic (exact) mass is 323 g/mol. The van der Waals surface area contributed by atoms with E-state index < -0.39 is 0 Å². The number of amides is 1. The Morgan fingerprint density at radius 1 is 1.08 bits per heavy atom. The molecule has 1 amide bonds. The first-order chi connectivity index (χ1) is 11.6. The molecule has 24 heavy (non-hydrogen) atoms. The molecule has 2 aromatic rings. The topological polar surface area (TPSA) is 38.1 Å². The first-order valence-corrected chi connectivity index (χ1v) is 9.06. The van der Waals surface area contributed by atoms with Gasteiger partial charge in [0.25, 0.3) is 5.91 Å². The van der Waals surface area contributed by atoms with Gasteiger partial charge in [-0.25, -0.2) is 4.68 Å². The van der Waals surface area contributed by atoms with Crippen molar-refractivity contribution in [2.45, 2.75) is 39.0 Å². The molecule has 4 heteroatoms. The molecule has 2 aliphatic rings. The SMILES string of the molecule is CC1CC(C)CN(C(=O)c2cc(C3CC3)nn2-c2ccccc2)C1. The van der Waals surface area contributed by atoms with Crippen molar-refractivity contribution in [3.05, 3.63) is 47.8 Å². The lowest BCUT2D eigenvalue weighted by Gasteiger charge is -2.35. The molecule has 2 fully saturated rings. The zero-order valence-electron chi connectivity index (χ0n) is 14.5. The highest BCUT2D eigenvalue weighted by atomic mass is 16.2. The van der Waals surface area contributed by atoms with Crippen LogP contribution in [0.2, 0.25) is 0 Å². The van der Waals surface area contributed by atoms with Crippen LogP contribution in [0.4, 0.5) is 0 Å². The number of nitrogens with zero attached hydrogens (tertiary/aromatic N) is 3. The molecule has 0 radical (unpaired) electrons. The highest BCUT2D eigenvalue weighted by molar-refractivity contribution is 5.93. The second-order valence-electron chi connectivity index (χ2n) is 7.63. The summed E-state index contributed by atoms with van der Waals surface area (Å²) in [6, 6.07) is 12.0. The van der Waals surface area contributed by atoms with Crippen LogP contribution in [-0.4, -0.2) is 33.7 Å². The molecule has 1 aromatic heterocycles. The van der Waals surface area contributed by atoms with Gasteiger partial charge in [-0.2, -0.15) is 5.10 Å². The summed E-state index contributed by atoms with van der Waals surface area (Å²) >= 11 is 0. The Balaban J connectivity index is 1.69. The van der Waals surface area contributed by atoms with Crippen molar-refractivity contribution in [2.75, 3.05) is 13.1 Å². The largest absolute Gasteiger partial charge is 0.337 e. The Morgan fingerprint density at radius 3 is 2.38 bits per heavy atom. The summed E-state index contributed by atoms with van der Waals surface area (Å²) in [5, 5.41) is 4.77. The molecule has 1 aliphatic carbocycles. The van der Waals surface area contributed by atoms with Gasteiger partial charge in [0.2, 0.25) is 0 Å². The summed E-state index contributed by atoms with van der Waals surface area (Å²) in [6.45, 7) is 6.17. The third kappa shape index (κ3) is 2.97. The van der Waals surface area contributed by atoms with E-state index in [1.54, 1.807) is 0 Å². The van der Waals surface area contributed by atoms with Crippen LogP contribution in [0.5, 0.6) is 0 Å². The second-order valence-corrected chi connectivity index (χ2v) is 7.63. The van der Waals surface area contributed by atoms with E-state index in [9.17, 15) is 4.79 Å². The maximum atomic E-state index is 13.2. The van der Waals surface area contributed by atoms with Crippen LogP contribution >= 0.6 is 0 Å². The van der Waals surface area contributed by atoms with Gasteiger partial charge in [-0.05, 0) is 49.3 Å². The normalized spacial score (nSPS) is 24.2. The lowest BCUT2D eigenvalue weighted by Crippen LogP contribution is -2.43. The number of para-hydroxylation sites is 1. The number of piperidine rings is 1. The molecule has 4 nitrogen and oxygen atoms in total. The van der Waals surface area contributed by atoms with Gasteiger partial charge < -0.3 is 4.90 Å². The minimum atomic E-state index is 0.122.